The number of Topliss-reactive ketones (excluding diaryl/α,β-unsaturated/α-hetero) is 1. The van der Waals surface area contributed by atoms with Gasteiger partial charge in [-0.3, -0.25) is 4.79 Å². The SMILES string of the molecule is CSc1ccc(C(=O)CCN(C)C)cc1.Cl. The largest absolute Gasteiger partial charge is 0.309 e. The maximum atomic E-state index is 11.7. The minimum atomic E-state index is 0. The van der Waals surface area contributed by atoms with Crippen LogP contribution < -0.4 is 0 Å². The van der Waals surface area contributed by atoms with Crippen molar-refractivity contribution in [3.05, 3.63) is 29.8 Å². The smallest absolute Gasteiger partial charge is 0.164 e. The van der Waals surface area contributed by atoms with Crippen molar-refractivity contribution in [1.82, 2.24) is 4.90 Å². The third-order valence-corrected chi connectivity index (χ3v) is 2.94. The second-order valence-corrected chi connectivity index (χ2v) is 4.58. The molecule has 0 aromatic heterocycles. The molecule has 0 N–H and O–H groups in total. The molecule has 0 aliphatic carbocycles. The van der Waals surface area contributed by atoms with Gasteiger partial charge in [-0.2, -0.15) is 0 Å². The number of carbonyl (C=O) groups is 1. The summed E-state index contributed by atoms with van der Waals surface area (Å²) in [5.74, 6) is 0.219. The first-order valence-corrected chi connectivity index (χ1v) is 6.18. The number of nitrogens with zero attached hydrogens (tertiary/aromatic N) is 1. The molecular weight excluding hydrogens is 242 g/mol. The molecule has 16 heavy (non-hydrogen) atoms. The molecule has 0 amide bonds. The van der Waals surface area contributed by atoms with Gasteiger partial charge in [0.1, 0.15) is 0 Å². The molecule has 4 heteroatoms. The van der Waals surface area contributed by atoms with E-state index in [4.69, 9.17) is 0 Å². The van der Waals surface area contributed by atoms with Gasteiger partial charge in [-0.25, -0.2) is 0 Å². The van der Waals surface area contributed by atoms with Crippen LogP contribution in [0.5, 0.6) is 0 Å². The Labute approximate surface area is 108 Å². The van der Waals surface area contributed by atoms with Crippen LogP contribution >= 0.6 is 24.2 Å². The molecule has 0 fully saturated rings. The van der Waals surface area contributed by atoms with Gasteiger partial charge in [0, 0.05) is 23.4 Å². The Morgan fingerprint density at radius 1 is 1.25 bits per heavy atom. The number of hydrogen-bond donors (Lipinski definition) is 0. The van der Waals surface area contributed by atoms with Crippen LogP contribution in [-0.2, 0) is 0 Å². The average molecular weight is 260 g/mol. The number of carbonyl (C=O) groups excluding carboxylic acids is 1. The van der Waals surface area contributed by atoms with Crippen LogP contribution in [0.15, 0.2) is 29.2 Å². The molecule has 90 valence electrons. The highest BCUT2D eigenvalue weighted by atomic mass is 35.5. The summed E-state index contributed by atoms with van der Waals surface area (Å²) in [5.41, 5.74) is 0.814. The first-order valence-electron chi connectivity index (χ1n) is 4.95. The minimum absolute atomic E-state index is 0. The van der Waals surface area contributed by atoms with E-state index in [1.165, 1.54) is 4.90 Å². The monoisotopic (exact) mass is 259 g/mol. The fraction of sp³-hybridized carbons (Fsp3) is 0.417. The van der Waals surface area contributed by atoms with Gasteiger partial charge in [-0.05, 0) is 32.5 Å². The van der Waals surface area contributed by atoms with Gasteiger partial charge < -0.3 is 4.90 Å². The average Bonchev–Trinajstić information content (AvgIpc) is 2.26. The Balaban J connectivity index is 0.00000225. The maximum absolute atomic E-state index is 11.7. The summed E-state index contributed by atoms with van der Waals surface area (Å²) >= 11 is 1.69. The van der Waals surface area contributed by atoms with E-state index >= 15 is 0 Å². The van der Waals surface area contributed by atoms with Crippen molar-refractivity contribution in [2.75, 3.05) is 26.9 Å². The van der Waals surface area contributed by atoms with Crippen LogP contribution in [0.2, 0.25) is 0 Å². The van der Waals surface area contributed by atoms with Gasteiger partial charge in [0.05, 0.1) is 0 Å². The van der Waals surface area contributed by atoms with Gasteiger partial charge >= 0.3 is 0 Å². The highest BCUT2D eigenvalue weighted by Gasteiger charge is 2.05. The number of thioether (sulfide) groups is 1. The molecule has 0 atom stereocenters. The third kappa shape index (κ3) is 5.01. The zero-order valence-electron chi connectivity index (χ0n) is 9.90. The molecule has 0 radical (unpaired) electrons. The van der Waals surface area contributed by atoms with Gasteiger partial charge in [-0.15, -0.1) is 24.2 Å². The molecule has 0 spiro atoms. The third-order valence-electron chi connectivity index (χ3n) is 2.20. The Bertz CT molecular complexity index is 324. The normalized spacial score (nSPS) is 10.0. The zero-order chi connectivity index (χ0) is 11.3. The lowest BCUT2D eigenvalue weighted by atomic mass is 10.1. The van der Waals surface area contributed by atoms with E-state index in [9.17, 15) is 4.79 Å². The second-order valence-electron chi connectivity index (χ2n) is 3.70. The van der Waals surface area contributed by atoms with Crippen molar-refractivity contribution < 1.29 is 4.79 Å². The minimum Gasteiger partial charge on any atom is -0.309 e. The van der Waals surface area contributed by atoms with Crippen molar-refractivity contribution in [3.63, 3.8) is 0 Å². The van der Waals surface area contributed by atoms with Crippen molar-refractivity contribution in [2.45, 2.75) is 11.3 Å². The van der Waals surface area contributed by atoms with Gasteiger partial charge in [0.15, 0.2) is 5.78 Å². The maximum Gasteiger partial charge on any atom is 0.164 e. The van der Waals surface area contributed by atoms with E-state index in [1.54, 1.807) is 11.8 Å². The molecular formula is C12H18ClNOS. The Morgan fingerprint density at radius 2 is 1.81 bits per heavy atom. The number of ketones is 1. The van der Waals surface area contributed by atoms with Crippen LogP contribution in [0.25, 0.3) is 0 Å². The molecule has 0 heterocycles. The van der Waals surface area contributed by atoms with Gasteiger partial charge in [-0.1, -0.05) is 12.1 Å². The first kappa shape index (κ1) is 15.5. The highest BCUT2D eigenvalue weighted by Crippen LogP contribution is 2.15. The van der Waals surface area contributed by atoms with Crippen molar-refractivity contribution in [1.29, 1.82) is 0 Å². The number of benzene rings is 1. The second kappa shape index (κ2) is 7.71. The predicted molar refractivity (Wildman–Crippen MR) is 73.0 cm³/mol. The molecule has 0 aliphatic heterocycles. The van der Waals surface area contributed by atoms with Crippen LogP contribution in [-0.4, -0.2) is 37.6 Å². The fourth-order valence-electron chi connectivity index (χ4n) is 1.25. The van der Waals surface area contributed by atoms with Crippen LogP contribution in [0.1, 0.15) is 16.8 Å². The summed E-state index contributed by atoms with van der Waals surface area (Å²) in [6.45, 7) is 0.809. The molecule has 1 aromatic carbocycles. The lowest BCUT2D eigenvalue weighted by Crippen LogP contribution is -2.16. The Hall–Kier alpha value is -0.510. The zero-order valence-corrected chi connectivity index (χ0v) is 11.5. The lowest BCUT2D eigenvalue weighted by molar-refractivity contribution is 0.0972. The van der Waals surface area contributed by atoms with E-state index in [0.29, 0.717) is 6.42 Å². The van der Waals surface area contributed by atoms with Crippen molar-refractivity contribution in [3.8, 4) is 0 Å². The predicted octanol–water partition coefficient (Wildman–Crippen LogP) is 2.96. The molecule has 0 saturated heterocycles. The summed E-state index contributed by atoms with van der Waals surface area (Å²) in [6.07, 6.45) is 2.62. The molecule has 2 nitrogen and oxygen atoms in total. The summed E-state index contributed by atoms with van der Waals surface area (Å²) in [6, 6.07) is 7.80. The van der Waals surface area contributed by atoms with Crippen LogP contribution in [0.4, 0.5) is 0 Å². The topological polar surface area (TPSA) is 20.3 Å². The molecule has 1 aromatic rings. The highest BCUT2D eigenvalue weighted by molar-refractivity contribution is 7.98. The number of rotatable bonds is 5. The quantitative estimate of drug-likeness (QED) is 0.599. The molecule has 0 bridgehead atoms. The Morgan fingerprint density at radius 3 is 2.25 bits per heavy atom. The molecule has 0 saturated carbocycles. The lowest BCUT2D eigenvalue weighted by Gasteiger charge is -2.08. The molecule has 1 rings (SSSR count). The summed E-state index contributed by atoms with van der Waals surface area (Å²) in [7, 11) is 3.95. The fourth-order valence-corrected chi connectivity index (χ4v) is 1.65. The Kier molecular flexibility index (Phi) is 7.47. The molecule has 0 unspecified atom stereocenters. The van der Waals surface area contributed by atoms with Gasteiger partial charge in [0.2, 0.25) is 0 Å². The molecule has 0 aliphatic rings. The summed E-state index contributed by atoms with van der Waals surface area (Å²) in [5, 5.41) is 0. The van der Waals surface area contributed by atoms with E-state index in [-0.39, 0.29) is 18.2 Å². The van der Waals surface area contributed by atoms with Crippen molar-refractivity contribution in [2.24, 2.45) is 0 Å². The summed E-state index contributed by atoms with van der Waals surface area (Å²) < 4.78 is 0. The first-order chi connectivity index (χ1) is 7.13. The van der Waals surface area contributed by atoms with Crippen LogP contribution in [0, 0.1) is 0 Å². The van der Waals surface area contributed by atoms with E-state index in [1.807, 2.05) is 49.5 Å². The standard InChI is InChI=1S/C12H17NOS.ClH/c1-13(2)9-8-12(14)10-4-6-11(15-3)7-5-10;/h4-7H,8-9H2,1-3H3;1H. The van der Waals surface area contributed by atoms with E-state index in [0.717, 1.165) is 12.1 Å². The van der Waals surface area contributed by atoms with Crippen molar-refractivity contribution >= 4 is 30.0 Å². The number of hydrogen-bond acceptors (Lipinski definition) is 3. The van der Waals surface area contributed by atoms with E-state index in [2.05, 4.69) is 0 Å². The summed E-state index contributed by atoms with van der Waals surface area (Å²) in [4.78, 5) is 14.9. The number of halogens is 1. The van der Waals surface area contributed by atoms with Gasteiger partial charge in [0.25, 0.3) is 0 Å². The van der Waals surface area contributed by atoms with Crippen LogP contribution in [0.3, 0.4) is 0 Å². The van der Waals surface area contributed by atoms with E-state index < -0.39 is 0 Å².